The summed E-state index contributed by atoms with van der Waals surface area (Å²) in [5.74, 6) is 1.38. The molecule has 3 rings (SSSR count). The molecule has 0 atom stereocenters. The topological polar surface area (TPSA) is 62.5 Å². The molecule has 0 unspecified atom stereocenters. The lowest BCUT2D eigenvalue weighted by Gasteiger charge is -2.10. The Morgan fingerprint density at radius 2 is 1.69 bits per heavy atom. The first-order chi connectivity index (χ1) is 12.3. The lowest BCUT2D eigenvalue weighted by Crippen LogP contribution is -2.37. The van der Waals surface area contributed by atoms with Crippen LogP contribution in [0.3, 0.4) is 0 Å². The number of hydrogen-bond acceptors (Lipinski definition) is 3. The molecule has 3 aromatic rings. The number of nitrogens with zero attached hydrogens (tertiary/aromatic N) is 2. The van der Waals surface area contributed by atoms with Gasteiger partial charge in [0.2, 0.25) is 5.89 Å². The Balaban J connectivity index is 0.00000243. The van der Waals surface area contributed by atoms with E-state index >= 15 is 0 Å². The maximum Gasteiger partial charge on any atom is 0.226 e. The van der Waals surface area contributed by atoms with Crippen LogP contribution in [-0.2, 0) is 13.0 Å². The van der Waals surface area contributed by atoms with Crippen LogP contribution in [0.15, 0.2) is 76.3 Å². The molecule has 0 aliphatic rings. The summed E-state index contributed by atoms with van der Waals surface area (Å²) in [5.41, 5.74) is 3.11. The van der Waals surface area contributed by atoms with E-state index < -0.39 is 0 Å². The molecule has 2 N–H and O–H groups in total. The van der Waals surface area contributed by atoms with E-state index in [2.05, 4.69) is 44.9 Å². The van der Waals surface area contributed by atoms with Crippen molar-refractivity contribution in [1.29, 1.82) is 0 Å². The molecular weight excluding hydrogens is 439 g/mol. The number of rotatable bonds is 6. The second-order valence-corrected chi connectivity index (χ2v) is 5.60. The summed E-state index contributed by atoms with van der Waals surface area (Å²) in [6.45, 7) is 1.37. The second-order valence-electron chi connectivity index (χ2n) is 5.60. The summed E-state index contributed by atoms with van der Waals surface area (Å²) in [5, 5.41) is 6.56. The maximum absolute atomic E-state index is 5.54. The van der Waals surface area contributed by atoms with Gasteiger partial charge in [0.15, 0.2) is 5.96 Å². The van der Waals surface area contributed by atoms with Gasteiger partial charge in [0.25, 0.3) is 0 Å². The summed E-state index contributed by atoms with van der Waals surface area (Å²) >= 11 is 0. The molecule has 6 heteroatoms. The van der Waals surface area contributed by atoms with Crippen LogP contribution in [0.5, 0.6) is 0 Å². The van der Waals surface area contributed by atoms with E-state index in [-0.39, 0.29) is 24.0 Å². The molecule has 2 aromatic carbocycles. The first kappa shape index (κ1) is 20.0. The molecular formula is C20H23IN4O. The Morgan fingerprint density at radius 3 is 2.38 bits per heavy atom. The first-order valence-corrected chi connectivity index (χ1v) is 8.33. The van der Waals surface area contributed by atoms with E-state index in [4.69, 9.17) is 4.42 Å². The fourth-order valence-corrected chi connectivity index (χ4v) is 2.47. The molecule has 0 aliphatic carbocycles. The third kappa shape index (κ3) is 5.87. The van der Waals surface area contributed by atoms with Gasteiger partial charge in [-0.05, 0) is 24.1 Å². The molecule has 0 saturated heterocycles. The second kappa shape index (κ2) is 10.6. The number of hydrogen-bond donors (Lipinski definition) is 2. The number of aliphatic imine (C=N–C) groups is 1. The number of halogens is 1. The Labute approximate surface area is 171 Å². The number of oxazole rings is 1. The average Bonchev–Trinajstić information content (AvgIpc) is 3.15. The lowest BCUT2D eigenvalue weighted by atomic mass is 10.1. The van der Waals surface area contributed by atoms with Crippen molar-refractivity contribution in [3.8, 4) is 11.5 Å². The monoisotopic (exact) mass is 462 g/mol. The van der Waals surface area contributed by atoms with E-state index in [0.29, 0.717) is 12.4 Å². The van der Waals surface area contributed by atoms with Gasteiger partial charge < -0.3 is 15.1 Å². The van der Waals surface area contributed by atoms with Gasteiger partial charge in [-0.15, -0.1) is 24.0 Å². The Kier molecular flexibility index (Phi) is 8.14. The van der Waals surface area contributed by atoms with E-state index in [9.17, 15) is 0 Å². The molecule has 5 nitrogen and oxygen atoms in total. The predicted octanol–water partition coefficient (Wildman–Crippen LogP) is 3.87. The largest absolute Gasteiger partial charge is 0.444 e. The van der Waals surface area contributed by atoms with E-state index in [0.717, 1.165) is 30.2 Å². The minimum absolute atomic E-state index is 0. The van der Waals surface area contributed by atoms with E-state index in [1.54, 1.807) is 13.3 Å². The molecule has 0 saturated carbocycles. The molecule has 1 aromatic heterocycles. The molecule has 26 heavy (non-hydrogen) atoms. The Bertz CT molecular complexity index is 803. The standard InChI is InChI=1S/C20H22N4O.HI/c1-21-20(22-13-12-16-8-4-2-5-9-16)23-14-18-15-25-19(24-18)17-10-6-3-7-11-17;/h2-11,15H,12-14H2,1H3,(H2,21,22,23);1H. The van der Waals surface area contributed by atoms with Crippen LogP contribution in [-0.4, -0.2) is 24.5 Å². The van der Waals surface area contributed by atoms with Gasteiger partial charge >= 0.3 is 0 Å². The van der Waals surface area contributed by atoms with Gasteiger partial charge in [0.1, 0.15) is 6.26 Å². The van der Waals surface area contributed by atoms with Crippen LogP contribution in [0, 0.1) is 0 Å². The van der Waals surface area contributed by atoms with Crippen molar-refractivity contribution in [3.05, 3.63) is 78.2 Å². The van der Waals surface area contributed by atoms with Crippen molar-refractivity contribution in [2.24, 2.45) is 4.99 Å². The fourth-order valence-electron chi connectivity index (χ4n) is 2.47. The molecule has 136 valence electrons. The maximum atomic E-state index is 5.54. The van der Waals surface area contributed by atoms with Crippen molar-refractivity contribution in [3.63, 3.8) is 0 Å². The summed E-state index contributed by atoms with van der Waals surface area (Å²) < 4.78 is 5.54. The lowest BCUT2D eigenvalue weighted by molar-refractivity contribution is 0.572. The Morgan fingerprint density at radius 1 is 1.00 bits per heavy atom. The number of guanidine groups is 1. The molecule has 1 heterocycles. The van der Waals surface area contributed by atoms with Crippen molar-refractivity contribution in [2.75, 3.05) is 13.6 Å². The van der Waals surface area contributed by atoms with Gasteiger partial charge in [-0.3, -0.25) is 4.99 Å². The van der Waals surface area contributed by atoms with Crippen LogP contribution in [0.25, 0.3) is 11.5 Å². The Hall–Kier alpha value is -2.35. The van der Waals surface area contributed by atoms with Crippen molar-refractivity contribution in [1.82, 2.24) is 15.6 Å². The SMILES string of the molecule is CN=C(NCCc1ccccc1)NCc1coc(-c2ccccc2)n1.I. The third-order valence-electron chi connectivity index (χ3n) is 3.78. The van der Waals surface area contributed by atoms with Crippen molar-refractivity contribution in [2.45, 2.75) is 13.0 Å². The highest BCUT2D eigenvalue weighted by molar-refractivity contribution is 14.0. The van der Waals surface area contributed by atoms with Gasteiger partial charge in [0, 0.05) is 19.2 Å². The predicted molar refractivity (Wildman–Crippen MR) is 116 cm³/mol. The summed E-state index contributed by atoms with van der Waals surface area (Å²) in [7, 11) is 1.76. The van der Waals surface area contributed by atoms with E-state index in [1.807, 2.05) is 36.4 Å². The quantitative estimate of drug-likeness (QED) is 0.332. The molecule has 0 bridgehead atoms. The average molecular weight is 462 g/mol. The highest BCUT2D eigenvalue weighted by Gasteiger charge is 2.06. The van der Waals surface area contributed by atoms with Crippen LogP contribution >= 0.6 is 24.0 Å². The van der Waals surface area contributed by atoms with Crippen LogP contribution in [0.1, 0.15) is 11.3 Å². The summed E-state index contributed by atoms with van der Waals surface area (Å²) in [6, 6.07) is 20.2. The van der Waals surface area contributed by atoms with Crippen LogP contribution < -0.4 is 10.6 Å². The zero-order valence-corrected chi connectivity index (χ0v) is 17.0. The molecule has 0 amide bonds. The number of aromatic nitrogens is 1. The van der Waals surface area contributed by atoms with Gasteiger partial charge in [0.05, 0.1) is 12.2 Å². The molecule has 0 aliphatic heterocycles. The van der Waals surface area contributed by atoms with Gasteiger partial charge in [-0.2, -0.15) is 0 Å². The van der Waals surface area contributed by atoms with Crippen LogP contribution in [0.2, 0.25) is 0 Å². The highest BCUT2D eigenvalue weighted by atomic mass is 127. The third-order valence-corrected chi connectivity index (χ3v) is 3.78. The minimum atomic E-state index is 0. The minimum Gasteiger partial charge on any atom is -0.444 e. The van der Waals surface area contributed by atoms with Crippen LogP contribution in [0.4, 0.5) is 0 Å². The van der Waals surface area contributed by atoms with E-state index in [1.165, 1.54) is 5.56 Å². The smallest absolute Gasteiger partial charge is 0.226 e. The summed E-state index contributed by atoms with van der Waals surface area (Å²) in [6.07, 6.45) is 2.62. The zero-order valence-electron chi connectivity index (χ0n) is 14.7. The molecule has 0 radical (unpaired) electrons. The zero-order chi connectivity index (χ0) is 17.3. The molecule has 0 spiro atoms. The van der Waals surface area contributed by atoms with Crippen molar-refractivity contribution < 1.29 is 4.42 Å². The fraction of sp³-hybridized carbons (Fsp3) is 0.200. The van der Waals surface area contributed by atoms with Gasteiger partial charge in [-0.25, -0.2) is 4.98 Å². The normalized spacial score (nSPS) is 10.9. The molecule has 0 fully saturated rings. The number of benzene rings is 2. The van der Waals surface area contributed by atoms with Crippen molar-refractivity contribution >= 4 is 29.9 Å². The highest BCUT2D eigenvalue weighted by Crippen LogP contribution is 2.17. The first-order valence-electron chi connectivity index (χ1n) is 8.33. The number of nitrogens with one attached hydrogen (secondary N) is 2. The van der Waals surface area contributed by atoms with Gasteiger partial charge in [-0.1, -0.05) is 48.5 Å². The summed E-state index contributed by atoms with van der Waals surface area (Å²) in [4.78, 5) is 8.74.